The van der Waals surface area contributed by atoms with Crippen LogP contribution in [0.1, 0.15) is 36.1 Å². The van der Waals surface area contributed by atoms with Gasteiger partial charge in [-0.2, -0.15) is 24.9 Å². The van der Waals surface area contributed by atoms with Crippen LogP contribution >= 0.6 is 11.8 Å². The molecule has 1 amide bonds. The molecule has 188 valence electrons. The van der Waals surface area contributed by atoms with Crippen LogP contribution in [0.3, 0.4) is 0 Å². The van der Waals surface area contributed by atoms with E-state index < -0.39 is 18.6 Å². The first-order valence-corrected chi connectivity index (χ1v) is 11.9. The molecule has 0 aromatic carbocycles. The van der Waals surface area contributed by atoms with Crippen LogP contribution in [0, 0.1) is 5.82 Å². The Bertz CT molecular complexity index is 1230. The fraction of sp³-hybridized carbons (Fsp3) is 0.455. The fourth-order valence-electron chi connectivity index (χ4n) is 3.62. The summed E-state index contributed by atoms with van der Waals surface area (Å²) < 4.78 is 62.8. The van der Waals surface area contributed by atoms with Gasteiger partial charge in [-0.25, -0.2) is 14.4 Å². The number of halogens is 4. The standard InChI is InChI=1S/C22H23F4N5O3S/c1-21(3-5-35-6-4-21)30-20(32)19-29-14-10-28-18(8-16(14)31(19)2)33-11-15-17(7-13(23)9-27-15)34-12-22(24,25)26/h7-10H,3-6,11-12H2,1-2H3,(H,30,32). The number of nitrogens with one attached hydrogen (secondary N) is 1. The highest BCUT2D eigenvalue weighted by Crippen LogP contribution is 2.28. The van der Waals surface area contributed by atoms with Gasteiger partial charge >= 0.3 is 6.18 Å². The summed E-state index contributed by atoms with van der Waals surface area (Å²) in [5.74, 6) is 0.802. The van der Waals surface area contributed by atoms with Crippen LogP contribution in [0.4, 0.5) is 17.6 Å². The molecule has 0 bridgehead atoms. The van der Waals surface area contributed by atoms with Gasteiger partial charge in [-0.3, -0.25) is 9.78 Å². The first kappa shape index (κ1) is 25.0. The van der Waals surface area contributed by atoms with E-state index in [4.69, 9.17) is 4.74 Å². The maximum atomic E-state index is 13.5. The molecule has 1 N–H and O–H groups in total. The molecular weight excluding hydrogens is 490 g/mol. The van der Waals surface area contributed by atoms with Gasteiger partial charge in [-0.1, -0.05) is 0 Å². The molecule has 0 radical (unpaired) electrons. The average Bonchev–Trinajstić information content (AvgIpc) is 3.13. The number of aryl methyl sites for hydroxylation is 1. The lowest BCUT2D eigenvalue weighted by Gasteiger charge is -2.34. The number of hydrogen-bond acceptors (Lipinski definition) is 7. The SMILES string of the molecule is Cn1c(C(=O)NC2(C)CCSCC2)nc2cnc(OCc3ncc(F)cc3OCC(F)(F)F)cc21. The largest absolute Gasteiger partial charge is 0.482 e. The predicted octanol–water partition coefficient (Wildman–Crippen LogP) is 4.04. The molecule has 0 aliphatic carbocycles. The molecule has 0 unspecified atom stereocenters. The Kier molecular flexibility index (Phi) is 7.06. The van der Waals surface area contributed by atoms with E-state index in [-0.39, 0.29) is 41.2 Å². The molecule has 4 heterocycles. The highest BCUT2D eigenvalue weighted by molar-refractivity contribution is 7.99. The third-order valence-corrected chi connectivity index (χ3v) is 6.59. The lowest BCUT2D eigenvalue weighted by molar-refractivity contribution is -0.153. The van der Waals surface area contributed by atoms with Crippen molar-refractivity contribution in [3.63, 3.8) is 0 Å². The summed E-state index contributed by atoms with van der Waals surface area (Å²) in [6.07, 6.45) is -0.557. The minimum atomic E-state index is -4.59. The van der Waals surface area contributed by atoms with Crippen molar-refractivity contribution in [2.75, 3.05) is 18.1 Å². The number of fused-ring (bicyclic) bond motifs is 1. The van der Waals surface area contributed by atoms with Crippen molar-refractivity contribution in [1.82, 2.24) is 24.8 Å². The number of aromatic nitrogens is 4. The molecule has 0 atom stereocenters. The summed E-state index contributed by atoms with van der Waals surface area (Å²) in [6, 6.07) is 2.36. The quantitative estimate of drug-likeness (QED) is 0.477. The number of amides is 1. The molecule has 1 saturated heterocycles. The normalized spacial score (nSPS) is 15.7. The van der Waals surface area contributed by atoms with E-state index in [0.717, 1.165) is 36.6 Å². The summed E-state index contributed by atoms with van der Waals surface area (Å²) in [6.45, 7) is 0.123. The molecule has 3 aromatic rings. The Balaban J connectivity index is 1.49. The molecule has 3 aromatic heterocycles. The third kappa shape index (κ3) is 6.13. The van der Waals surface area contributed by atoms with Gasteiger partial charge in [0.15, 0.2) is 12.4 Å². The number of hydrogen-bond donors (Lipinski definition) is 1. The second kappa shape index (κ2) is 9.88. The van der Waals surface area contributed by atoms with Crippen LogP contribution in [0.15, 0.2) is 24.5 Å². The molecule has 0 saturated carbocycles. The number of ether oxygens (including phenoxy) is 2. The average molecular weight is 514 g/mol. The first-order chi connectivity index (χ1) is 16.5. The summed E-state index contributed by atoms with van der Waals surface area (Å²) in [5.41, 5.74) is 0.733. The zero-order chi connectivity index (χ0) is 25.2. The second-order valence-electron chi connectivity index (χ2n) is 8.42. The van der Waals surface area contributed by atoms with Crippen molar-refractivity contribution in [2.24, 2.45) is 7.05 Å². The number of imidazole rings is 1. The van der Waals surface area contributed by atoms with E-state index in [0.29, 0.717) is 11.0 Å². The first-order valence-electron chi connectivity index (χ1n) is 10.7. The number of alkyl halides is 3. The monoisotopic (exact) mass is 513 g/mol. The molecule has 1 aliphatic heterocycles. The zero-order valence-electron chi connectivity index (χ0n) is 19.0. The van der Waals surface area contributed by atoms with Gasteiger partial charge in [0.2, 0.25) is 5.88 Å². The Labute approximate surface area is 202 Å². The summed E-state index contributed by atoms with van der Waals surface area (Å²) in [4.78, 5) is 25.2. The van der Waals surface area contributed by atoms with E-state index in [1.165, 1.54) is 6.20 Å². The maximum Gasteiger partial charge on any atom is 0.422 e. The van der Waals surface area contributed by atoms with Gasteiger partial charge in [0.05, 0.1) is 17.9 Å². The van der Waals surface area contributed by atoms with Crippen molar-refractivity contribution in [3.8, 4) is 11.6 Å². The molecule has 0 spiro atoms. The van der Waals surface area contributed by atoms with Gasteiger partial charge in [0.1, 0.15) is 29.4 Å². The third-order valence-electron chi connectivity index (χ3n) is 5.60. The zero-order valence-corrected chi connectivity index (χ0v) is 19.8. The minimum absolute atomic E-state index is 0.0264. The van der Waals surface area contributed by atoms with E-state index in [1.807, 2.05) is 18.7 Å². The number of carbonyl (C=O) groups is 1. The summed E-state index contributed by atoms with van der Waals surface area (Å²) >= 11 is 1.86. The lowest BCUT2D eigenvalue weighted by Crippen LogP contribution is -2.48. The van der Waals surface area contributed by atoms with Crippen molar-refractivity contribution < 1.29 is 31.8 Å². The molecule has 1 aliphatic rings. The van der Waals surface area contributed by atoms with Crippen LogP contribution in [0.25, 0.3) is 11.0 Å². The molecule has 35 heavy (non-hydrogen) atoms. The van der Waals surface area contributed by atoms with Crippen LogP contribution in [0.5, 0.6) is 11.6 Å². The van der Waals surface area contributed by atoms with Gasteiger partial charge < -0.3 is 19.4 Å². The molecular formula is C22H23F4N5O3S. The topological polar surface area (TPSA) is 91.2 Å². The number of carbonyl (C=O) groups excluding carboxylic acids is 1. The van der Waals surface area contributed by atoms with E-state index in [2.05, 4.69) is 25.0 Å². The molecule has 4 rings (SSSR count). The summed E-state index contributed by atoms with van der Waals surface area (Å²) in [5, 5.41) is 3.09. The van der Waals surface area contributed by atoms with Gasteiger partial charge in [0.25, 0.3) is 5.91 Å². The predicted molar refractivity (Wildman–Crippen MR) is 121 cm³/mol. The Morgan fingerprint density at radius 1 is 1.20 bits per heavy atom. The number of nitrogens with zero attached hydrogens (tertiary/aromatic N) is 4. The molecule has 8 nitrogen and oxygen atoms in total. The second-order valence-corrected chi connectivity index (χ2v) is 9.65. The lowest BCUT2D eigenvalue weighted by atomic mass is 9.95. The van der Waals surface area contributed by atoms with Crippen LogP contribution in [-0.2, 0) is 13.7 Å². The van der Waals surface area contributed by atoms with Gasteiger partial charge in [0, 0.05) is 24.7 Å². The molecule has 1 fully saturated rings. The number of thioether (sulfide) groups is 1. The van der Waals surface area contributed by atoms with Crippen molar-refractivity contribution >= 4 is 28.7 Å². The molecule has 13 heteroatoms. The van der Waals surface area contributed by atoms with Crippen molar-refractivity contribution in [3.05, 3.63) is 41.9 Å². The van der Waals surface area contributed by atoms with Crippen molar-refractivity contribution in [2.45, 2.75) is 38.1 Å². The van der Waals surface area contributed by atoms with Gasteiger partial charge in [-0.15, -0.1) is 0 Å². The maximum absolute atomic E-state index is 13.5. The van der Waals surface area contributed by atoms with E-state index >= 15 is 0 Å². The minimum Gasteiger partial charge on any atom is -0.482 e. The smallest absolute Gasteiger partial charge is 0.422 e. The number of pyridine rings is 2. The fourth-order valence-corrected chi connectivity index (χ4v) is 5.01. The summed E-state index contributed by atoms with van der Waals surface area (Å²) in [7, 11) is 1.69. The highest BCUT2D eigenvalue weighted by Gasteiger charge is 2.31. The Morgan fingerprint density at radius 2 is 1.94 bits per heavy atom. The highest BCUT2D eigenvalue weighted by atomic mass is 32.2. The van der Waals surface area contributed by atoms with Crippen LogP contribution < -0.4 is 14.8 Å². The van der Waals surface area contributed by atoms with E-state index in [1.54, 1.807) is 17.7 Å². The van der Waals surface area contributed by atoms with Crippen LogP contribution in [-0.4, -0.2) is 55.3 Å². The van der Waals surface area contributed by atoms with Crippen molar-refractivity contribution in [1.29, 1.82) is 0 Å². The number of rotatable bonds is 7. The van der Waals surface area contributed by atoms with Crippen LogP contribution in [0.2, 0.25) is 0 Å². The van der Waals surface area contributed by atoms with Gasteiger partial charge in [-0.05, 0) is 31.3 Å². The Morgan fingerprint density at radius 3 is 2.66 bits per heavy atom. The van der Waals surface area contributed by atoms with E-state index in [9.17, 15) is 22.4 Å². The Hall–Kier alpha value is -3.09.